The first-order valence-corrected chi connectivity index (χ1v) is 6.37. The molecule has 1 heterocycles. The van der Waals surface area contributed by atoms with Gasteiger partial charge in [-0.3, -0.25) is 10.1 Å². The second-order valence-corrected chi connectivity index (χ2v) is 4.74. The molecule has 1 aromatic rings. The molecule has 1 fully saturated rings. The van der Waals surface area contributed by atoms with Gasteiger partial charge in [-0.05, 0) is 6.42 Å². The highest BCUT2D eigenvalue weighted by Crippen LogP contribution is 2.41. The van der Waals surface area contributed by atoms with Crippen LogP contribution in [0, 0.1) is 16.0 Å². The van der Waals surface area contributed by atoms with Gasteiger partial charge in [0, 0.05) is 31.7 Å². The molecule has 1 aliphatic rings. The molecule has 1 aliphatic heterocycles. The quantitative estimate of drug-likeness (QED) is 0.649. The van der Waals surface area contributed by atoms with E-state index in [9.17, 15) is 15.2 Å². The molecule has 0 aliphatic carbocycles. The van der Waals surface area contributed by atoms with E-state index in [-0.39, 0.29) is 18.2 Å². The third-order valence-electron chi connectivity index (χ3n) is 3.56. The minimum Gasteiger partial charge on any atom is -0.493 e. The Morgan fingerprint density at radius 3 is 2.55 bits per heavy atom. The van der Waals surface area contributed by atoms with Crippen molar-refractivity contribution in [2.24, 2.45) is 5.92 Å². The van der Waals surface area contributed by atoms with Gasteiger partial charge in [0.15, 0.2) is 11.5 Å². The molecule has 0 amide bonds. The van der Waals surface area contributed by atoms with E-state index < -0.39 is 4.92 Å². The lowest BCUT2D eigenvalue weighted by molar-refractivity contribution is -0.384. The van der Waals surface area contributed by atoms with Gasteiger partial charge in [-0.15, -0.1) is 0 Å². The lowest BCUT2D eigenvalue weighted by Crippen LogP contribution is -2.21. The van der Waals surface area contributed by atoms with Crippen molar-refractivity contribution in [1.29, 1.82) is 0 Å². The normalized spacial score (nSPS) is 18.1. The first-order valence-electron chi connectivity index (χ1n) is 6.37. The van der Waals surface area contributed by atoms with E-state index in [0.29, 0.717) is 30.3 Å². The molecule has 7 heteroatoms. The highest BCUT2D eigenvalue weighted by molar-refractivity contribution is 5.70. The van der Waals surface area contributed by atoms with E-state index in [2.05, 4.69) is 0 Å². The number of rotatable bonds is 5. The lowest BCUT2D eigenvalue weighted by Gasteiger charge is -2.20. The molecule has 7 nitrogen and oxygen atoms in total. The fraction of sp³-hybridized carbons (Fsp3) is 0.538. The zero-order valence-corrected chi connectivity index (χ0v) is 11.5. The van der Waals surface area contributed by atoms with Crippen LogP contribution < -0.4 is 14.4 Å². The Bertz CT molecular complexity index is 506. The van der Waals surface area contributed by atoms with Crippen LogP contribution in [-0.2, 0) is 0 Å². The minimum absolute atomic E-state index is 0.0127. The number of hydrogen-bond acceptors (Lipinski definition) is 6. The van der Waals surface area contributed by atoms with Gasteiger partial charge in [0.1, 0.15) is 5.69 Å². The Morgan fingerprint density at radius 1 is 1.40 bits per heavy atom. The van der Waals surface area contributed by atoms with Gasteiger partial charge < -0.3 is 19.5 Å². The van der Waals surface area contributed by atoms with E-state index in [4.69, 9.17) is 9.47 Å². The highest BCUT2D eigenvalue weighted by Gasteiger charge is 2.29. The van der Waals surface area contributed by atoms with Crippen molar-refractivity contribution in [3.63, 3.8) is 0 Å². The molecule has 0 saturated carbocycles. The largest absolute Gasteiger partial charge is 0.493 e. The number of ether oxygens (including phenoxy) is 2. The second-order valence-electron chi connectivity index (χ2n) is 4.74. The monoisotopic (exact) mass is 282 g/mol. The van der Waals surface area contributed by atoms with Crippen LogP contribution in [0.1, 0.15) is 6.42 Å². The van der Waals surface area contributed by atoms with Crippen LogP contribution in [0.15, 0.2) is 12.1 Å². The summed E-state index contributed by atoms with van der Waals surface area (Å²) in [6.07, 6.45) is 0.821. The Hall–Kier alpha value is -2.02. The average molecular weight is 282 g/mol. The van der Waals surface area contributed by atoms with Crippen LogP contribution in [0.4, 0.5) is 11.4 Å². The fourth-order valence-electron chi connectivity index (χ4n) is 2.46. The molecule has 0 aromatic heterocycles. The number of nitro groups is 1. The number of nitro benzene ring substituents is 1. The third kappa shape index (κ3) is 2.62. The third-order valence-corrected chi connectivity index (χ3v) is 3.56. The van der Waals surface area contributed by atoms with Crippen LogP contribution in [0.3, 0.4) is 0 Å². The average Bonchev–Trinajstić information content (AvgIpc) is 2.94. The summed E-state index contributed by atoms with van der Waals surface area (Å²) in [5.74, 6) is 0.948. The van der Waals surface area contributed by atoms with Crippen molar-refractivity contribution in [2.45, 2.75) is 6.42 Å². The Balaban J connectivity index is 2.42. The molecule has 0 spiro atoms. The molecule has 1 saturated heterocycles. The van der Waals surface area contributed by atoms with E-state index in [1.165, 1.54) is 20.3 Å². The number of anilines is 1. The summed E-state index contributed by atoms with van der Waals surface area (Å²) < 4.78 is 10.3. The topological polar surface area (TPSA) is 85.1 Å². The SMILES string of the molecule is COc1cc(N2CCC(CO)C2)c([N+](=O)[O-])cc1OC. The zero-order valence-electron chi connectivity index (χ0n) is 11.5. The van der Waals surface area contributed by atoms with Crippen LogP contribution in [0.5, 0.6) is 11.5 Å². The summed E-state index contributed by atoms with van der Waals surface area (Å²) >= 11 is 0. The van der Waals surface area contributed by atoms with Gasteiger partial charge in [0.25, 0.3) is 5.69 Å². The van der Waals surface area contributed by atoms with E-state index in [1.54, 1.807) is 6.07 Å². The summed E-state index contributed by atoms with van der Waals surface area (Å²) in [5.41, 5.74) is 0.491. The number of aliphatic hydroxyl groups excluding tert-OH is 1. The number of nitrogens with zero attached hydrogens (tertiary/aromatic N) is 2. The molecular formula is C13H18N2O5. The fourth-order valence-corrected chi connectivity index (χ4v) is 2.46. The summed E-state index contributed by atoms with van der Waals surface area (Å²) in [6, 6.07) is 3.00. The van der Waals surface area contributed by atoms with Crippen molar-refractivity contribution >= 4 is 11.4 Å². The maximum atomic E-state index is 11.2. The standard InChI is InChI=1S/C13H18N2O5/c1-19-12-5-10(14-4-3-9(7-14)8-16)11(15(17)18)6-13(12)20-2/h5-6,9,16H,3-4,7-8H2,1-2H3. The Kier molecular flexibility index (Phi) is 4.29. The van der Waals surface area contributed by atoms with Crippen LogP contribution in [0.2, 0.25) is 0 Å². The number of benzene rings is 1. The number of methoxy groups -OCH3 is 2. The van der Waals surface area contributed by atoms with Crippen molar-refractivity contribution in [2.75, 3.05) is 38.8 Å². The minimum atomic E-state index is -0.427. The van der Waals surface area contributed by atoms with Gasteiger partial charge in [-0.2, -0.15) is 0 Å². The summed E-state index contributed by atoms with van der Waals surface area (Å²) in [4.78, 5) is 12.7. The summed E-state index contributed by atoms with van der Waals surface area (Å²) in [5, 5.41) is 20.4. The molecule has 1 atom stereocenters. The van der Waals surface area contributed by atoms with E-state index in [1.807, 2.05) is 4.90 Å². The number of hydrogen-bond donors (Lipinski definition) is 1. The highest BCUT2D eigenvalue weighted by atomic mass is 16.6. The van der Waals surface area contributed by atoms with Gasteiger partial charge >= 0.3 is 0 Å². The Morgan fingerprint density at radius 2 is 2.05 bits per heavy atom. The zero-order chi connectivity index (χ0) is 14.7. The molecule has 1 N–H and O–H groups in total. The van der Waals surface area contributed by atoms with Crippen molar-refractivity contribution < 1.29 is 19.5 Å². The molecule has 0 bridgehead atoms. The van der Waals surface area contributed by atoms with Gasteiger partial charge in [-0.1, -0.05) is 0 Å². The molecule has 20 heavy (non-hydrogen) atoms. The predicted octanol–water partition coefficient (Wildman–Crippen LogP) is 1.43. The first-order chi connectivity index (χ1) is 9.60. The predicted molar refractivity (Wildman–Crippen MR) is 73.6 cm³/mol. The first kappa shape index (κ1) is 14.4. The van der Waals surface area contributed by atoms with E-state index in [0.717, 1.165) is 6.42 Å². The molecule has 2 rings (SSSR count). The molecular weight excluding hydrogens is 264 g/mol. The lowest BCUT2D eigenvalue weighted by atomic mass is 10.1. The summed E-state index contributed by atoms with van der Waals surface area (Å²) in [7, 11) is 2.94. The molecule has 0 radical (unpaired) electrons. The van der Waals surface area contributed by atoms with Crippen LogP contribution >= 0.6 is 0 Å². The van der Waals surface area contributed by atoms with Crippen molar-refractivity contribution in [3.8, 4) is 11.5 Å². The number of aliphatic hydroxyl groups is 1. The molecule has 1 aromatic carbocycles. The van der Waals surface area contributed by atoms with E-state index >= 15 is 0 Å². The van der Waals surface area contributed by atoms with Gasteiger partial charge in [-0.25, -0.2) is 0 Å². The Labute approximate surface area is 116 Å². The maximum Gasteiger partial charge on any atom is 0.296 e. The smallest absolute Gasteiger partial charge is 0.296 e. The maximum absolute atomic E-state index is 11.2. The summed E-state index contributed by atoms with van der Waals surface area (Å²) in [6.45, 7) is 1.38. The van der Waals surface area contributed by atoms with Crippen LogP contribution in [-0.4, -0.2) is 43.9 Å². The van der Waals surface area contributed by atoms with Crippen molar-refractivity contribution in [3.05, 3.63) is 22.2 Å². The molecule has 1 unspecified atom stereocenters. The van der Waals surface area contributed by atoms with Crippen LogP contribution in [0.25, 0.3) is 0 Å². The second kappa shape index (κ2) is 5.96. The van der Waals surface area contributed by atoms with Gasteiger partial charge in [0.2, 0.25) is 0 Å². The van der Waals surface area contributed by atoms with Gasteiger partial charge in [0.05, 0.1) is 25.2 Å². The van der Waals surface area contributed by atoms with Crippen molar-refractivity contribution in [1.82, 2.24) is 0 Å². The molecule has 110 valence electrons.